The van der Waals surface area contributed by atoms with E-state index in [9.17, 15) is 26.7 Å². The Balaban J connectivity index is 1.93. The van der Waals surface area contributed by atoms with Gasteiger partial charge in [0.25, 0.3) is 0 Å². The second-order valence-electron chi connectivity index (χ2n) is 6.56. The predicted octanol–water partition coefficient (Wildman–Crippen LogP) is 5.32. The van der Waals surface area contributed by atoms with Crippen molar-refractivity contribution < 1.29 is 36.2 Å². The molecule has 3 heterocycles. The van der Waals surface area contributed by atoms with E-state index in [0.717, 1.165) is 28.4 Å². The summed E-state index contributed by atoms with van der Waals surface area (Å²) in [4.78, 5) is 17.0. The van der Waals surface area contributed by atoms with Crippen LogP contribution in [0.2, 0.25) is 4.34 Å². The van der Waals surface area contributed by atoms with E-state index in [-0.39, 0.29) is 32.2 Å². The zero-order valence-corrected chi connectivity index (χ0v) is 17.9. The number of carbonyl (C=O) groups excluding carboxylic acids is 1. The van der Waals surface area contributed by atoms with Gasteiger partial charge in [0.2, 0.25) is 11.7 Å². The van der Waals surface area contributed by atoms with Crippen molar-refractivity contribution in [3.05, 3.63) is 62.7 Å². The molecule has 0 aliphatic carbocycles. The molecule has 1 aliphatic rings. The molecule has 33 heavy (non-hydrogen) atoms. The van der Waals surface area contributed by atoms with Crippen LogP contribution in [0.3, 0.4) is 0 Å². The number of hydrogen-bond acceptors (Lipinski definition) is 7. The summed E-state index contributed by atoms with van der Waals surface area (Å²) in [5, 5.41) is 6.09. The molecule has 1 N–H and O–H groups in total. The van der Waals surface area contributed by atoms with E-state index in [1.165, 1.54) is 31.4 Å². The quantitative estimate of drug-likeness (QED) is 0.360. The summed E-state index contributed by atoms with van der Waals surface area (Å²) in [7, 11) is 1.18. The standard InChI is InChI=1S/C19H12ClF5N4O3S/c1-31-10-6-8(2-3-9(10)32-17(21)22)14-13(15(30)11-4-5-12(20)33-11)16(19(23,24)25)28-18-26-7-27-29(14)18/h2-7,14,17H,1H3,(H,26,27,28)/t14-/m0/s1. The van der Waals surface area contributed by atoms with Crippen LogP contribution in [0.1, 0.15) is 21.3 Å². The second kappa shape index (κ2) is 8.63. The van der Waals surface area contributed by atoms with E-state index in [1.54, 1.807) is 0 Å². The summed E-state index contributed by atoms with van der Waals surface area (Å²) in [5.41, 5.74) is -1.91. The number of hydrogen-bond donors (Lipinski definition) is 1. The molecule has 0 saturated carbocycles. The largest absolute Gasteiger partial charge is 0.493 e. The number of anilines is 1. The number of methoxy groups -OCH3 is 1. The Morgan fingerprint density at radius 3 is 2.61 bits per heavy atom. The molecule has 3 aromatic rings. The van der Waals surface area contributed by atoms with E-state index in [2.05, 4.69) is 20.1 Å². The fourth-order valence-corrected chi connectivity index (χ4v) is 4.35. The average Bonchev–Trinajstić information content (AvgIpc) is 3.40. The summed E-state index contributed by atoms with van der Waals surface area (Å²) in [5.74, 6) is -1.71. The van der Waals surface area contributed by atoms with Crippen LogP contribution in [0, 0.1) is 0 Å². The van der Waals surface area contributed by atoms with Crippen molar-refractivity contribution in [3.8, 4) is 11.5 Å². The van der Waals surface area contributed by atoms with Crippen LogP contribution in [-0.2, 0) is 0 Å². The number of halogens is 6. The van der Waals surface area contributed by atoms with E-state index < -0.39 is 35.9 Å². The minimum Gasteiger partial charge on any atom is -0.493 e. The van der Waals surface area contributed by atoms with Crippen LogP contribution in [-0.4, -0.2) is 40.4 Å². The molecule has 0 fully saturated rings. The molecule has 2 aromatic heterocycles. The molecule has 0 unspecified atom stereocenters. The van der Waals surface area contributed by atoms with Gasteiger partial charge in [-0.15, -0.1) is 11.3 Å². The number of carbonyl (C=O) groups is 1. The number of ketones is 1. The van der Waals surface area contributed by atoms with Crippen LogP contribution >= 0.6 is 22.9 Å². The Labute approximate surface area is 191 Å². The summed E-state index contributed by atoms with van der Waals surface area (Å²) in [6, 6.07) is 4.83. The molecule has 4 rings (SSSR count). The highest BCUT2D eigenvalue weighted by atomic mass is 35.5. The fraction of sp³-hybridized carbons (Fsp3) is 0.211. The fourth-order valence-electron chi connectivity index (χ4n) is 3.35. The first-order valence-electron chi connectivity index (χ1n) is 9.00. The van der Waals surface area contributed by atoms with Crippen molar-refractivity contribution in [1.29, 1.82) is 0 Å². The van der Waals surface area contributed by atoms with Gasteiger partial charge in [-0.25, -0.2) is 4.68 Å². The lowest BCUT2D eigenvalue weighted by molar-refractivity contribution is -0.0918. The molecule has 14 heteroatoms. The number of nitrogens with one attached hydrogen (secondary N) is 1. The van der Waals surface area contributed by atoms with Gasteiger partial charge in [-0.05, 0) is 29.8 Å². The molecule has 174 valence electrons. The minimum atomic E-state index is -4.95. The smallest absolute Gasteiger partial charge is 0.431 e. The van der Waals surface area contributed by atoms with Crippen molar-refractivity contribution in [1.82, 2.24) is 14.8 Å². The van der Waals surface area contributed by atoms with Gasteiger partial charge in [0.05, 0.1) is 21.9 Å². The maximum Gasteiger partial charge on any atom is 0.431 e. The number of rotatable bonds is 6. The Morgan fingerprint density at radius 2 is 2.00 bits per heavy atom. The average molecular weight is 507 g/mol. The zero-order chi connectivity index (χ0) is 23.9. The summed E-state index contributed by atoms with van der Waals surface area (Å²) in [6.45, 7) is -3.15. The Morgan fingerprint density at radius 1 is 1.24 bits per heavy atom. The number of nitrogens with zero attached hydrogens (tertiary/aromatic N) is 3. The molecule has 0 spiro atoms. The summed E-state index contributed by atoms with van der Waals surface area (Å²) < 4.78 is 78.2. The van der Waals surface area contributed by atoms with E-state index in [4.69, 9.17) is 16.3 Å². The molecule has 0 radical (unpaired) electrons. The third kappa shape index (κ3) is 4.37. The van der Waals surface area contributed by atoms with Gasteiger partial charge in [0.15, 0.2) is 11.5 Å². The molecule has 7 nitrogen and oxygen atoms in total. The molecule has 1 aromatic carbocycles. The minimum absolute atomic E-state index is 0.0308. The molecular weight excluding hydrogens is 495 g/mol. The highest BCUT2D eigenvalue weighted by molar-refractivity contribution is 7.18. The third-order valence-electron chi connectivity index (χ3n) is 4.64. The van der Waals surface area contributed by atoms with Crippen molar-refractivity contribution in [2.45, 2.75) is 18.8 Å². The van der Waals surface area contributed by atoms with Gasteiger partial charge in [0, 0.05) is 0 Å². The van der Waals surface area contributed by atoms with Gasteiger partial charge < -0.3 is 14.8 Å². The van der Waals surface area contributed by atoms with Gasteiger partial charge in [0.1, 0.15) is 18.1 Å². The van der Waals surface area contributed by atoms with Crippen molar-refractivity contribution in [2.75, 3.05) is 12.4 Å². The molecule has 0 amide bonds. The first-order valence-corrected chi connectivity index (χ1v) is 10.2. The van der Waals surface area contributed by atoms with Gasteiger partial charge in [-0.2, -0.15) is 32.0 Å². The lowest BCUT2D eigenvalue weighted by Gasteiger charge is -2.30. The monoisotopic (exact) mass is 506 g/mol. The van der Waals surface area contributed by atoms with Crippen LogP contribution in [0.15, 0.2) is 47.9 Å². The van der Waals surface area contributed by atoms with E-state index in [1.807, 2.05) is 0 Å². The van der Waals surface area contributed by atoms with E-state index >= 15 is 0 Å². The summed E-state index contributed by atoms with van der Waals surface area (Å²) >= 11 is 6.69. The number of benzene rings is 1. The van der Waals surface area contributed by atoms with Crippen molar-refractivity contribution in [3.63, 3.8) is 0 Å². The first-order chi connectivity index (χ1) is 15.6. The number of alkyl halides is 5. The van der Waals surface area contributed by atoms with Crippen LogP contribution in [0.4, 0.5) is 27.9 Å². The SMILES string of the molecule is COc1cc([C@H]2C(C(=O)c3ccc(Cl)s3)=C(C(F)(F)F)Nc3ncnn32)ccc1OC(F)F. The number of allylic oxidation sites excluding steroid dienone is 2. The Kier molecular flexibility index (Phi) is 6.01. The molecule has 1 aliphatic heterocycles. The number of thiophene rings is 1. The number of ether oxygens (including phenoxy) is 2. The Bertz CT molecular complexity index is 1240. The van der Waals surface area contributed by atoms with Crippen LogP contribution < -0.4 is 14.8 Å². The molecule has 0 bridgehead atoms. The highest BCUT2D eigenvalue weighted by Crippen LogP contribution is 2.44. The lowest BCUT2D eigenvalue weighted by atomic mass is 9.91. The van der Waals surface area contributed by atoms with Crippen LogP contribution in [0.5, 0.6) is 11.5 Å². The molecular formula is C19H12ClF5N4O3S. The number of Topliss-reactive ketones (excluding diaryl/α,β-unsaturated/α-hetero) is 1. The first kappa shape index (κ1) is 23.0. The number of fused-ring (bicyclic) bond motifs is 1. The third-order valence-corrected chi connectivity index (χ3v) is 5.87. The Hall–Kier alpha value is -3.19. The van der Waals surface area contributed by atoms with Crippen molar-refractivity contribution >= 4 is 34.7 Å². The predicted molar refractivity (Wildman–Crippen MR) is 108 cm³/mol. The lowest BCUT2D eigenvalue weighted by Crippen LogP contribution is -2.35. The van der Waals surface area contributed by atoms with E-state index in [0.29, 0.717) is 0 Å². The molecule has 1 atom stereocenters. The van der Waals surface area contributed by atoms with Gasteiger partial charge >= 0.3 is 12.8 Å². The zero-order valence-electron chi connectivity index (χ0n) is 16.4. The highest BCUT2D eigenvalue weighted by Gasteiger charge is 2.46. The topological polar surface area (TPSA) is 78.3 Å². The van der Waals surface area contributed by atoms with Gasteiger partial charge in [-0.3, -0.25) is 4.79 Å². The summed E-state index contributed by atoms with van der Waals surface area (Å²) in [6.07, 6.45) is -3.94. The normalized spacial score (nSPS) is 15.9. The maximum absolute atomic E-state index is 14.0. The van der Waals surface area contributed by atoms with Crippen LogP contribution in [0.25, 0.3) is 0 Å². The number of aromatic nitrogens is 3. The van der Waals surface area contributed by atoms with Gasteiger partial charge in [-0.1, -0.05) is 17.7 Å². The second-order valence-corrected chi connectivity index (χ2v) is 8.28. The maximum atomic E-state index is 14.0. The van der Waals surface area contributed by atoms with Crippen molar-refractivity contribution in [2.24, 2.45) is 0 Å². The molecule has 0 saturated heterocycles.